The van der Waals surface area contributed by atoms with Crippen LogP contribution in [0.25, 0.3) is 0 Å². The van der Waals surface area contributed by atoms with E-state index in [4.69, 9.17) is 0 Å². The highest BCUT2D eigenvalue weighted by atomic mass is 19.4. The van der Waals surface area contributed by atoms with Crippen LogP contribution >= 0.6 is 0 Å². The van der Waals surface area contributed by atoms with E-state index in [1.165, 1.54) is 18.2 Å². The van der Waals surface area contributed by atoms with Gasteiger partial charge in [0.1, 0.15) is 5.69 Å². The summed E-state index contributed by atoms with van der Waals surface area (Å²) in [6, 6.07) is 3.96. The maximum atomic E-state index is 12.1. The Labute approximate surface area is 126 Å². The van der Waals surface area contributed by atoms with E-state index in [-0.39, 0.29) is 24.0 Å². The number of carbonyl (C=O) groups is 1. The highest BCUT2D eigenvalue weighted by molar-refractivity contribution is 5.92. The van der Waals surface area contributed by atoms with Gasteiger partial charge in [-0.05, 0) is 18.4 Å². The van der Waals surface area contributed by atoms with Gasteiger partial charge in [0.25, 0.3) is 5.91 Å². The summed E-state index contributed by atoms with van der Waals surface area (Å²) in [5, 5.41) is 12.1. The molecule has 1 amide bonds. The number of nitrogens with one attached hydrogen (secondary N) is 1. The summed E-state index contributed by atoms with van der Waals surface area (Å²) < 4.78 is 40.6. The Morgan fingerprint density at radius 1 is 1.41 bits per heavy atom. The zero-order chi connectivity index (χ0) is 16.8. The van der Waals surface area contributed by atoms with E-state index < -0.39 is 24.8 Å². The maximum Gasteiger partial charge on any atom is 0.422 e. The van der Waals surface area contributed by atoms with E-state index in [2.05, 4.69) is 15.0 Å². The highest BCUT2D eigenvalue weighted by Crippen LogP contribution is 2.17. The molecule has 1 atom stereocenters. The fourth-order valence-electron chi connectivity index (χ4n) is 1.71. The van der Waals surface area contributed by atoms with Crippen molar-refractivity contribution < 1.29 is 27.8 Å². The number of hydrogen-bond acceptors (Lipinski definition) is 4. The molecule has 124 valence electrons. The Hall–Kier alpha value is -1.83. The van der Waals surface area contributed by atoms with Crippen LogP contribution in [-0.2, 0) is 0 Å². The van der Waals surface area contributed by atoms with Gasteiger partial charge < -0.3 is 15.2 Å². The molecular weight excluding hydrogens is 301 g/mol. The quantitative estimate of drug-likeness (QED) is 0.807. The zero-order valence-corrected chi connectivity index (χ0v) is 12.4. The maximum absolute atomic E-state index is 12.1. The lowest BCUT2D eigenvalue weighted by Gasteiger charge is -2.14. The lowest BCUT2D eigenvalue weighted by molar-refractivity contribution is -0.154. The molecule has 0 aliphatic heterocycles. The molecule has 2 N–H and O–H groups in total. The van der Waals surface area contributed by atoms with Gasteiger partial charge in [0.15, 0.2) is 6.61 Å². The summed E-state index contributed by atoms with van der Waals surface area (Å²) in [5.41, 5.74) is -0.0728. The summed E-state index contributed by atoms with van der Waals surface area (Å²) in [4.78, 5) is 15.5. The predicted octanol–water partition coefficient (Wildman–Crippen LogP) is 2.16. The van der Waals surface area contributed by atoms with Crippen molar-refractivity contribution in [2.45, 2.75) is 32.5 Å². The molecule has 0 spiro atoms. The first-order valence-electron chi connectivity index (χ1n) is 6.80. The molecule has 0 bridgehead atoms. The molecule has 0 fully saturated rings. The first-order valence-corrected chi connectivity index (χ1v) is 6.80. The summed E-state index contributed by atoms with van der Waals surface area (Å²) in [6.07, 6.45) is -4.63. The Morgan fingerprint density at radius 2 is 2.09 bits per heavy atom. The van der Waals surface area contributed by atoms with Gasteiger partial charge in [0, 0.05) is 12.6 Å². The molecule has 0 saturated heterocycles. The van der Waals surface area contributed by atoms with Crippen molar-refractivity contribution in [2.24, 2.45) is 5.92 Å². The molecule has 8 heteroatoms. The molecule has 0 radical (unpaired) electrons. The second-order valence-electron chi connectivity index (χ2n) is 5.26. The van der Waals surface area contributed by atoms with Crippen LogP contribution in [0, 0.1) is 5.92 Å². The number of aromatic nitrogens is 1. The first kappa shape index (κ1) is 18.2. The Morgan fingerprint density at radius 3 is 2.68 bits per heavy atom. The smallest absolute Gasteiger partial charge is 0.422 e. The molecule has 1 rings (SSSR count). The SMILES string of the molecule is CC(C)CC(O)CNC(=O)c1cccc(OCC(F)(F)F)n1. The van der Waals surface area contributed by atoms with Crippen LogP contribution in [0.1, 0.15) is 30.8 Å². The Kier molecular flexibility index (Phi) is 6.61. The zero-order valence-electron chi connectivity index (χ0n) is 12.4. The number of aliphatic hydroxyl groups is 1. The second kappa shape index (κ2) is 7.98. The molecular formula is C14H19F3N2O3. The van der Waals surface area contributed by atoms with Crippen molar-refractivity contribution in [1.82, 2.24) is 10.3 Å². The number of halogens is 3. The van der Waals surface area contributed by atoms with Gasteiger partial charge in [0.2, 0.25) is 5.88 Å². The third-order valence-corrected chi connectivity index (χ3v) is 2.58. The molecule has 22 heavy (non-hydrogen) atoms. The highest BCUT2D eigenvalue weighted by Gasteiger charge is 2.28. The number of nitrogens with zero attached hydrogens (tertiary/aromatic N) is 1. The van der Waals surface area contributed by atoms with Crippen LogP contribution in [0.4, 0.5) is 13.2 Å². The summed E-state index contributed by atoms with van der Waals surface area (Å²) in [7, 11) is 0. The Bertz CT molecular complexity index is 492. The summed E-state index contributed by atoms with van der Waals surface area (Å²) >= 11 is 0. The third kappa shape index (κ3) is 7.26. The van der Waals surface area contributed by atoms with E-state index in [0.717, 1.165) is 0 Å². The van der Waals surface area contributed by atoms with Crippen molar-refractivity contribution in [3.05, 3.63) is 23.9 Å². The van der Waals surface area contributed by atoms with Gasteiger partial charge in [-0.2, -0.15) is 13.2 Å². The van der Waals surface area contributed by atoms with Crippen molar-refractivity contribution in [3.63, 3.8) is 0 Å². The lowest BCUT2D eigenvalue weighted by Crippen LogP contribution is -2.33. The van der Waals surface area contributed by atoms with Gasteiger partial charge in [-0.15, -0.1) is 0 Å². The minimum atomic E-state index is -4.47. The minimum absolute atomic E-state index is 0.0479. The van der Waals surface area contributed by atoms with Crippen LogP contribution in [0.3, 0.4) is 0 Å². The molecule has 1 heterocycles. The number of alkyl halides is 3. The van der Waals surface area contributed by atoms with Crippen LogP contribution in [-0.4, -0.2) is 41.4 Å². The summed E-state index contributed by atoms with van der Waals surface area (Å²) in [6.45, 7) is 2.45. The van der Waals surface area contributed by atoms with Gasteiger partial charge in [-0.25, -0.2) is 4.98 Å². The first-order chi connectivity index (χ1) is 10.2. The van der Waals surface area contributed by atoms with Crippen molar-refractivity contribution in [2.75, 3.05) is 13.2 Å². The molecule has 5 nitrogen and oxygen atoms in total. The number of ether oxygens (including phenoxy) is 1. The second-order valence-corrected chi connectivity index (χ2v) is 5.26. The number of rotatable bonds is 7. The monoisotopic (exact) mass is 320 g/mol. The predicted molar refractivity (Wildman–Crippen MR) is 73.6 cm³/mol. The lowest BCUT2D eigenvalue weighted by atomic mass is 10.1. The van der Waals surface area contributed by atoms with Crippen molar-refractivity contribution in [3.8, 4) is 5.88 Å². The van der Waals surface area contributed by atoms with Crippen molar-refractivity contribution >= 4 is 5.91 Å². The number of amides is 1. The summed E-state index contributed by atoms with van der Waals surface area (Å²) in [5.74, 6) is -0.586. The fourth-order valence-corrected chi connectivity index (χ4v) is 1.71. The van der Waals surface area contributed by atoms with E-state index >= 15 is 0 Å². The number of aliphatic hydroxyl groups excluding tert-OH is 1. The van der Waals surface area contributed by atoms with Crippen LogP contribution in [0.5, 0.6) is 5.88 Å². The Balaban J connectivity index is 2.55. The topological polar surface area (TPSA) is 71.5 Å². The number of carbonyl (C=O) groups excluding carboxylic acids is 1. The van der Waals surface area contributed by atoms with E-state index in [1.54, 1.807) is 0 Å². The molecule has 1 unspecified atom stereocenters. The van der Waals surface area contributed by atoms with Crippen molar-refractivity contribution in [1.29, 1.82) is 0 Å². The van der Waals surface area contributed by atoms with Gasteiger partial charge >= 0.3 is 6.18 Å². The number of pyridine rings is 1. The molecule has 1 aromatic heterocycles. The average molecular weight is 320 g/mol. The molecule has 1 aromatic rings. The van der Waals surface area contributed by atoms with Gasteiger partial charge in [-0.3, -0.25) is 4.79 Å². The van der Waals surface area contributed by atoms with Crippen LogP contribution in [0.2, 0.25) is 0 Å². The van der Waals surface area contributed by atoms with E-state index in [1.807, 2.05) is 13.8 Å². The van der Waals surface area contributed by atoms with Gasteiger partial charge in [-0.1, -0.05) is 19.9 Å². The number of hydrogen-bond donors (Lipinski definition) is 2. The van der Waals surface area contributed by atoms with E-state index in [9.17, 15) is 23.1 Å². The largest absolute Gasteiger partial charge is 0.468 e. The van der Waals surface area contributed by atoms with Crippen LogP contribution < -0.4 is 10.1 Å². The fraction of sp³-hybridized carbons (Fsp3) is 0.571. The normalized spacial score (nSPS) is 13.0. The molecule has 0 saturated carbocycles. The van der Waals surface area contributed by atoms with Crippen LogP contribution in [0.15, 0.2) is 18.2 Å². The standard InChI is InChI=1S/C14H19F3N2O3/c1-9(2)6-10(20)7-18-13(21)11-4-3-5-12(19-11)22-8-14(15,16)17/h3-5,9-10,20H,6-8H2,1-2H3,(H,18,21). The molecule has 0 aliphatic rings. The minimum Gasteiger partial charge on any atom is -0.468 e. The molecule has 0 aromatic carbocycles. The third-order valence-electron chi connectivity index (χ3n) is 2.58. The average Bonchev–Trinajstić information content (AvgIpc) is 2.41. The van der Waals surface area contributed by atoms with E-state index in [0.29, 0.717) is 6.42 Å². The molecule has 0 aliphatic carbocycles. The van der Waals surface area contributed by atoms with Gasteiger partial charge in [0.05, 0.1) is 6.10 Å².